The van der Waals surface area contributed by atoms with E-state index in [1.54, 1.807) is 11.5 Å². The number of fused-ring (bicyclic) bond motifs is 1. The second-order valence-corrected chi connectivity index (χ2v) is 11.1. The number of carbonyl (C=O) groups is 4. The number of anilines is 1. The molecule has 0 aromatic carbocycles. The number of alkyl halides is 3. The van der Waals surface area contributed by atoms with Crippen LogP contribution in [0.25, 0.3) is 0 Å². The Labute approximate surface area is 250 Å². The molecule has 1 saturated heterocycles. The molecular weight excluding hydrogens is 645 g/mol. The molecule has 2 aliphatic rings. The van der Waals surface area contributed by atoms with E-state index in [0.717, 1.165) is 12.7 Å². The van der Waals surface area contributed by atoms with E-state index in [4.69, 9.17) is 0 Å². The Morgan fingerprint density at radius 1 is 1.26 bits per heavy atom. The maximum absolute atomic E-state index is 12.9. The second-order valence-electron chi connectivity index (χ2n) is 8.23. The van der Waals surface area contributed by atoms with Gasteiger partial charge in [-0.05, 0) is 16.0 Å². The molecule has 0 aliphatic carbocycles. The van der Waals surface area contributed by atoms with Gasteiger partial charge in [-0.25, -0.2) is 14.5 Å². The molecule has 4 heterocycles. The average Bonchev–Trinajstić information content (AvgIpc) is 3.61. The van der Waals surface area contributed by atoms with E-state index in [2.05, 4.69) is 45.8 Å². The molecule has 23 heteroatoms. The second kappa shape index (κ2) is 13.4. The molecule has 3 N–H and O–H groups in total. The van der Waals surface area contributed by atoms with Crippen molar-refractivity contribution in [3.05, 3.63) is 22.8 Å². The van der Waals surface area contributed by atoms with Crippen molar-refractivity contribution in [2.24, 2.45) is 10.3 Å². The van der Waals surface area contributed by atoms with E-state index in [9.17, 15) is 37.5 Å². The van der Waals surface area contributed by atoms with E-state index >= 15 is 0 Å². The SMILES string of the molecule is CON=C(Cn1nnnc1SCC1=CN2C(=O)C(NC(=O)C(=NOC)c3csc(NC(=O)C(F)(F)F)n3)[C@H]2SC1)C(=O)O. The van der Waals surface area contributed by atoms with Crippen LogP contribution in [0.5, 0.6) is 0 Å². The Morgan fingerprint density at radius 3 is 2.67 bits per heavy atom. The quantitative estimate of drug-likeness (QED) is 0.119. The third-order valence-corrected chi connectivity index (χ3v) is 8.59. The fourth-order valence-electron chi connectivity index (χ4n) is 3.50. The Bertz CT molecular complexity index is 1510. The van der Waals surface area contributed by atoms with Crippen molar-refractivity contribution >= 4 is 75.1 Å². The van der Waals surface area contributed by atoms with Crippen LogP contribution in [0.1, 0.15) is 5.69 Å². The minimum atomic E-state index is -5.13. The molecule has 43 heavy (non-hydrogen) atoms. The minimum absolute atomic E-state index is 0.174. The zero-order chi connectivity index (χ0) is 31.3. The first-order valence-electron chi connectivity index (χ1n) is 11.5. The summed E-state index contributed by atoms with van der Waals surface area (Å²) < 4.78 is 38.8. The van der Waals surface area contributed by atoms with E-state index in [1.807, 2.05) is 0 Å². The Morgan fingerprint density at radius 2 is 2.00 bits per heavy atom. The third kappa shape index (κ3) is 7.40. The number of nitrogens with zero attached hydrogens (tertiary/aromatic N) is 8. The topological polar surface area (TPSA) is 215 Å². The lowest BCUT2D eigenvalue weighted by Crippen LogP contribution is -2.69. The van der Waals surface area contributed by atoms with Crippen LogP contribution >= 0.6 is 34.9 Å². The number of hydrogen-bond donors (Lipinski definition) is 3. The molecule has 2 aliphatic heterocycles. The predicted molar refractivity (Wildman–Crippen MR) is 144 cm³/mol. The number of thiazole rings is 1. The fourth-order valence-corrected chi connectivity index (χ4v) is 6.41. The number of hydrogen-bond acceptors (Lipinski definition) is 15. The predicted octanol–water partition coefficient (Wildman–Crippen LogP) is 0.144. The number of carboxylic acid groups (broad SMARTS) is 1. The number of halogens is 3. The van der Waals surface area contributed by atoms with Gasteiger partial charge < -0.3 is 25.0 Å². The van der Waals surface area contributed by atoms with E-state index in [0.29, 0.717) is 28.0 Å². The molecule has 1 fully saturated rings. The van der Waals surface area contributed by atoms with Crippen LogP contribution in [0.15, 0.2) is 32.6 Å². The summed E-state index contributed by atoms with van der Waals surface area (Å²) in [6.07, 6.45) is -3.49. The van der Waals surface area contributed by atoms with Gasteiger partial charge in [0.1, 0.15) is 31.3 Å². The molecule has 230 valence electrons. The number of carboxylic acids is 1. The first kappa shape index (κ1) is 31.7. The summed E-state index contributed by atoms with van der Waals surface area (Å²) in [4.78, 5) is 62.7. The maximum Gasteiger partial charge on any atom is 0.471 e. The van der Waals surface area contributed by atoms with Crippen molar-refractivity contribution in [1.82, 2.24) is 35.4 Å². The maximum atomic E-state index is 12.9. The van der Waals surface area contributed by atoms with Gasteiger partial charge in [-0.3, -0.25) is 19.7 Å². The number of aliphatic carboxylic acids is 1. The number of oxime groups is 2. The molecular formula is C20H19F3N10O7S3. The van der Waals surface area contributed by atoms with Crippen LogP contribution in [0.3, 0.4) is 0 Å². The van der Waals surface area contributed by atoms with Crippen molar-refractivity contribution in [1.29, 1.82) is 0 Å². The van der Waals surface area contributed by atoms with Crippen LogP contribution < -0.4 is 10.6 Å². The summed E-state index contributed by atoms with van der Waals surface area (Å²) in [5.74, 6) is -3.97. The summed E-state index contributed by atoms with van der Waals surface area (Å²) in [6.45, 7) is -0.237. The largest absolute Gasteiger partial charge is 0.477 e. The summed E-state index contributed by atoms with van der Waals surface area (Å²) >= 11 is 3.21. The molecule has 2 aromatic rings. The van der Waals surface area contributed by atoms with Gasteiger partial charge in [0.15, 0.2) is 16.6 Å². The number of tetrazole rings is 1. The molecule has 17 nitrogen and oxygen atoms in total. The van der Waals surface area contributed by atoms with E-state index < -0.39 is 52.1 Å². The number of nitrogens with one attached hydrogen (secondary N) is 2. The first-order chi connectivity index (χ1) is 20.4. The number of aromatic nitrogens is 5. The van der Waals surface area contributed by atoms with Gasteiger partial charge in [0.2, 0.25) is 5.16 Å². The number of carbonyl (C=O) groups excluding carboxylic acids is 3. The van der Waals surface area contributed by atoms with Crippen molar-refractivity contribution in [3.63, 3.8) is 0 Å². The highest BCUT2D eigenvalue weighted by atomic mass is 32.2. The zero-order valence-corrected chi connectivity index (χ0v) is 24.2. The van der Waals surface area contributed by atoms with Crippen LogP contribution in [0.4, 0.5) is 18.3 Å². The molecule has 2 aromatic heterocycles. The zero-order valence-electron chi connectivity index (χ0n) is 21.8. The molecule has 0 bridgehead atoms. The van der Waals surface area contributed by atoms with E-state index in [-0.39, 0.29) is 18.0 Å². The fraction of sp³-hybridized carbons (Fsp3) is 0.400. The van der Waals surface area contributed by atoms with Crippen LogP contribution in [0, 0.1) is 0 Å². The van der Waals surface area contributed by atoms with Gasteiger partial charge >= 0.3 is 18.1 Å². The number of thioether (sulfide) groups is 2. The highest BCUT2D eigenvalue weighted by Gasteiger charge is 2.50. The van der Waals surface area contributed by atoms with Gasteiger partial charge in [-0.15, -0.1) is 28.2 Å². The van der Waals surface area contributed by atoms with Crippen LogP contribution in [-0.2, 0) is 35.4 Å². The van der Waals surface area contributed by atoms with Crippen LogP contribution in [-0.4, -0.2) is 114 Å². The summed E-state index contributed by atoms with van der Waals surface area (Å²) in [7, 11) is 2.35. The molecule has 0 saturated carbocycles. The Kier molecular flexibility index (Phi) is 9.85. The number of amides is 3. The summed E-state index contributed by atoms with van der Waals surface area (Å²) in [5, 5.41) is 32.2. The smallest absolute Gasteiger partial charge is 0.471 e. The summed E-state index contributed by atoms with van der Waals surface area (Å²) in [5.41, 5.74) is -0.0636. The third-order valence-electron chi connectivity index (χ3n) is 5.38. The highest BCUT2D eigenvalue weighted by Crippen LogP contribution is 2.37. The normalized spacial score (nSPS) is 18.8. The lowest BCUT2D eigenvalue weighted by Gasteiger charge is -2.47. The average molecular weight is 665 g/mol. The van der Waals surface area contributed by atoms with Gasteiger partial charge in [0.25, 0.3) is 11.8 Å². The van der Waals surface area contributed by atoms with Crippen molar-refractivity contribution in [2.75, 3.05) is 31.0 Å². The molecule has 2 atom stereocenters. The molecule has 0 radical (unpaired) electrons. The minimum Gasteiger partial charge on any atom is -0.477 e. The van der Waals surface area contributed by atoms with E-state index in [1.165, 1.54) is 45.6 Å². The molecule has 4 rings (SSSR count). The lowest BCUT2D eigenvalue weighted by atomic mass is 10.1. The first-order valence-corrected chi connectivity index (χ1v) is 14.5. The number of rotatable bonds is 12. The van der Waals surface area contributed by atoms with Crippen LogP contribution in [0.2, 0.25) is 0 Å². The standard InChI is InChI=1S/C20H19F3N10O7S3/c1-39-28-9(16(36)37)4-33-19(27-30-31-33)43-6-8-3-32-14(35)12(15(32)41-5-8)25-13(34)11(29-40-2)10-7-42-18(24-10)26-17(38)20(21,22)23/h3,7,12,15H,4-6H2,1-2H3,(H,25,34)(H,36,37)(H,24,26,38)/t12?,15-/m1/s1. The lowest BCUT2D eigenvalue weighted by molar-refractivity contribution is -0.167. The number of β-lactam (4-membered cyclic amide) rings is 1. The molecule has 3 amide bonds. The van der Waals surface area contributed by atoms with Gasteiger partial charge in [-0.1, -0.05) is 22.1 Å². The van der Waals surface area contributed by atoms with Gasteiger partial charge in [0, 0.05) is 23.1 Å². The van der Waals surface area contributed by atoms with Crippen molar-refractivity contribution in [3.8, 4) is 0 Å². The molecule has 1 unspecified atom stereocenters. The highest BCUT2D eigenvalue weighted by molar-refractivity contribution is 8.01. The van der Waals surface area contributed by atoms with Gasteiger partial charge in [0.05, 0.1) is 6.54 Å². The van der Waals surface area contributed by atoms with Crippen molar-refractivity contribution in [2.45, 2.75) is 29.3 Å². The Balaban J connectivity index is 1.35. The van der Waals surface area contributed by atoms with Crippen molar-refractivity contribution < 1.29 is 47.1 Å². The molecule has 0 spiro atoms. The van der Waals surface area contributed by atoms with Gasteiger partial charge in [-0.2, -0.15) is 13.2 Å². The monoisotopic (exact) mass is 664 g/mol. The summed E-state index contributed by atoms with van der Waals surface area (Å²) in [6, 6.07) is -0.935. The Hall–Kier alpha value is -4.25.